The predicted molar refractivity (Wildman–Crippen MR) is 59.8 cm³/mol. The second kappa shape index (κ2) is 5.50. The van der Waals surface area contributed by atoms with Gasteiger partial charge in [0, 0.05) is 17.1 Å². The molecule has 0 heterocycles. The lowest BCUT2D eigenvalue weighted by atomic mass is 10.0. The Hall–Kier alpha value is -1.57. The van der Waals surface area contributed by atoms with Crippen LogP contribution >= 0.6 is 11.6 Å². The molecule has 0 amide bonds. The predicted octanol–water partition coefficient (Wildman–Crippen LogP) is 1.39. The van der Waals surface area contributed by atoms with Crippen molar-refractivity contribution in [3.63, 3.8) is 0 Å². The van der Waals surface area contributed by atoms with E-state index in [4.69, 9.17) is 22.6 Å². The van der Waals surface area contributed by atoms with Crippen LogP contribution in [0.4, 0.5) is 0 Å². The Morgan fingerprint density at radius 2 is 2.31 bits per heavy atom. The molecular formula is C11H11ClN2O2. The van der Waals surface area contributed by atoms with Gasteiger partial charge >= 0.3 is 5.97 Å². The molecule has 0 bridgehead atoms. The van der Waals surface area contributed by atoms with Crippen LogP contribution in [0.1, 0.15) is 16.7 Å². The molecule has 0 saturated carbocycles. The summed E-state index contributed by atoms with van der Waals surface area (Å²) in [5.74, 6) is -0.375. The number of esters is 1. The number of hydrogen-bond acceptors (Lipinski definition) is 4. The summed E-state index contributed by atoms with van der Waals surface area (Å²) in [7, 11) is 1.31. The van der Waals surface area contributed by atoms with Crippen molar-refractivity contribution in [1.82, 2.24) is 0 Å². The first-order valence-electron chi connectivity index (χ1n) is 4.60. The van der Waals surface area contributed by atoms with Crippen molar-refractivity contribution in [2.24, 2.45) is 5.73 Å². The van der Waals surface area contributed by atoms with E-state index in [2.05, 4.69) is 4.74 Å². The number of halogens is 1. The average Bonchev–Trinajstić information content (AvgIpc) is 2.28. The number of carbonyl (C=O) groups excluding carboxylic acids is 1. The smallest absolute Gasteiger partial charge is 0.309 e. The number of nitrogens with zero attached hydrogens (tertiary/aromatic N) is 1. The molecule has 1 aromatic rings. The Morgan fingerprint density at radius 1 is 1.62 bits per heavy atom. The van der Waals surface area contributed by atoms with Crippen molar-refractivity contribution in [1.29, 1.82) is 5.26 Å². The van der Waals surface area contributed by atoms with E-state index in [9.17, 15) is 4.79 Å². The third-order valence-electron chi connectivity index (χ3n) is 2.16. The molecule has 84 valence electrons. The number of nitrogens with two attached hydrogens (primary N) is 1. The second-order valence-electron chi connectivity index (χ2n) is 3.17. The minimum Gasteiger partial charge on any atom is -0.469 e. The second-order valence-corrected chi connectivity index (χ2v) is 3.58. The van der Waals surface area contributed by atoms with Gasteiger partial charge in [-0.1, -0.05) is 11.6 Å². The summed E-state index contributed by atoms with van der Waals surface area (Å²) in [5.41, 5.74) is 7.11. The largest absolute Gasteiger partial charge is 0.469 e. The van der Waals surface area contributed by atoms with Crippen molar-refractivity contribution in [2.45, 2.75) is 13.0 Å². The van der Waals surface area contributed by atoms with Gasteiger partial charge in [0.1, 0.15) is 0 Å². The lowest BCUT2D eigenvalue weighted by molar-refractivity contribution is -0.139. The summed E-state index contributed by atoms with van der Waals surface area (Å²) in [4.78, 5) is 11.1. The molecule has 2 N–H and O–H groups in total. The van der Waals surface area contributed by atoms with E-state index < -0.39 is 0 Å². The number of benzene rings is 1. The van der Waals surface area contributed by atoms with E-state index in [0.717, 1.165) is 0 Å². The number of methoxy groups -OCH3 is 1. The van der Waals surface area contributed by atoms with Crippen molar-refractivity contribution in [3.05, 3.63) is 33.8 Å². The monoisotopic (exact) mass is 238 g/mol. The molecule has 0 radical (unpaired) electrons. The van der Waals surface area contributed by atoms with E-state index in [1.165, 1.54) is 7.11 Å². The number of nitriles is 1. The summed E-state index contributed by atoms with van der Waals surface area (Å²) in [6.45, 7) is 0.195. The van der Waals surface area contributed by atoms with Gasteiger partial charge in [-0.25, -0.2) is 0 Å². The highest BCUT2D eigenvalue weighted by atomic mass is 35.5. The van der Waals surface area contributed by atoms with Gasteiger partial charge in [0.15, 0.2) is 0 Å². The molecule has 16 heavy (non-hydrogen) atoms. The van der Waals surface area contributed by atoms with E-state index in [0.29, 0.717) is 21.7 Å². The molecule has 4 nitrogen and oxygen atoms in total. The fraction of sp³-hybridized carbons (Fsp3) is 0.273. The van der Waals surface area contributed by atoms with Crippen molar-refractivity contribution in [3.8, 4) is 6.07 Å². The number of carbonyl (C=O) groups is 1. The van der Waals surface area contributed by atoms with Crippen molar-refractivity contribution in [2.75, 3.05) is 7.11 Å². The summed E-state index contributed by atoms with van der Waals surface area (Å²) >= 11 is 5.96. The van der Waals surface area contributed by atoms with Crippen LogP contribution in [-0.4, -0.2) is 13.1 Å². The van der Waals surface area contributed by atoms with Crippen LogP contribution in [0, 0.1) is 11.3 Å². The van der Waals surface area contributed by atoms with Crippen LogP contribution < -0.4 is 5.73 Å². The zero-order valence-electron chi connectivity index (χ0n) is 8.79. The van der Waals surface area contributed by atoms with Crippen LogP contribution in [0.3, 0.4) is 0 Å². The van der Waals surface area contributed by atoms with Crippen molar-refractivity contribution >= 4 is 17.6 Å². The Balaban J connectivity index is 3.12. The normalized spacial score (nSPS) is 9.62. The summed E-state index contributed by atoms with van der Waals surface area (Å²) < 4.78 is 4.53. The average molecular weight is 239 g/mol. The number of ether oxygens (including phenoxy) is 1. The van der Waals surface area contributed by atoms with E-state index in [1.54, 1.807) is 12.1 Å². The molecule has 0 aromatic heterocycles. The molecule has 0 saturated heterocycles. The van der Waals surface area contributed by atoms with Crippen LogP contribution in [0.2, 0.25) is 5.02 Å². The zero-order valence-corrected chi connectivity index (χ0v) is 9.54. The van der Waals surface area contributed by atoms with Crippen LogP contribution in [0.25, 0.3) is 0 Å². The maximum Gasteiger partial charge on any atom is 0.309 e. The number of rotatable bonds is 3. The van der Waals surface area contributed by atoms with Gasteiger partial charge in [0.25, 0.3) is 0 Å². The first-order valence-corrected chi connectivity index (χ1v) is 4.98. The van der Waals surface area contributed by atoms with Crippen LogP contribution in [-0.2, 0) is 22.5 Å². The molecule has 1 aromatic carbocycles. The van der Waals surface area contributed by atoms with E-state index in [-0.39, 0.29) is 18.9 Å². The Kier molecular flexibility index (Phi) is 4.29. The van der Waals surface area contributed by atoms with Gasteiger partial charge in [0.05, 0.1) is 25.2 Å². The fourth-order valence-electron chi connectivity index (χ4n) is 1.34. The topological polar surface area (TPSA) is 76.1 Å². The van der Waals surface area contributed by atoms with Gasteiger partial charge in [-0.2, -0.15) is 5.26 Å². The fourth-order valence-corrected chi connectivity index (χ4v) is 1.66. The standard InChI is InChI=1S/C11H11ClN2O2/c1-16-11(15)4-7-2-8(5-13)9(6-14)10(12)3-7/h2-3H,4,6,14H2,1H3. The zero-order chi connectivity index (χ0) is 12.1. The molecule has 0 aliphatic rings. The maximum absolute atomic E-state index is 11.1. The van der Waals surface area contributed by atoms with Gasteiger partial charge < -0.3 is 10.5 Å². The molecule has 5 heteroatoms. The highest BCUT2D eigenvalue weighted by molar-refractivity contribution is 6.31. The van der Waals surface area contributed by atoms with Crippen molar-refractivity contribution < 1.29 is 9.53 Å². The van der Waals surface area contributed by atoms with E-state index >= 15 is 0 Å². The lowest BCUT2D eigenvalue weighted by Crippen LogP contribution is -2.07. The molecule has 0 aliphatic carbocycles. The molecular weight excluding hydrogens is 228 g/mol. The SMILES string of the molecule is COC(=O)Cc1cc(Cl)c(CN)c(C#N)c1. The van der Waals surface area contributed by atoms with Gasteiger partial charge in [0.2, 0.25) is 0 Å². The Labute approximate surface area is 98.6 Å². The summed E-state index contributed by atoms with van der Waals surface area (Å²) in [6.07, 6.45) is 0.0930. The van der Waals surface area contributed by atoms with Gasteiger partial charge in [-0.3, -0.25) is 4.79 Å². The van der Waals surface area contributed by atoms with E-state index in [1.807, 2.05) is 6.07 Å². The molecule has 0 aliphatic heterocycles. The molecule has 1 rings (SSSR count). The highest BCUT2D eigenvalue weighted by Gasteiger charge is 2.10. The van der Waals surface area contributed by atoms with Crippen LogP contribution in [0.5, 0.6) is 0 Å². The third kappa shape index (κ3) is 2.72. The maximum atomic E-state index is 11.1. The first-order chi connectivity index (χ1) is 7.62. The van der Waals surface area contributed by atoms with Crippen LogP contribution in [0.15, 0.2) is 12.1 Å². The quantitative estimate of drug-likeness (QED) is 0.808. The Morgan fingerprint density at radius 3 is 2.81 bits per heavy atom. The molecule has 0 atom stereocenters. The third-order valence-corrected chi connectivity index (χ3v) is 2.49. The minimum absolute atomic E-state index is 0.0930. The highest BCUT2D eigenvalue weighted by Crippen LogP contribution is 2.22. The van der Waals surface area contributed by atoms with Gasteiger partial charge in [-0.15, -0.1) is 0 Å². The molecule has 0 spiro atoms. The molecule has 0 fully saturated rings. The Bertz CT molecular complexity index is 452. The number of hydrogen-bond donors (Lipinski definition) is 1. The minimum atomic E-state index is -0.375. The lowest BCUT2D eigenvalue weighted by Gasteiger charge is -2.07. The molecule has 0 unspecified atom stereocenters. The first kappa shape index (κ1) is 12.5. The summed E-state index contributed by atoms with van der Waals surface area (Å²) in [5, 5.41) is 9.31. The van der Waals surface area contributed by atoms with Gasteiger partial charge in [-0.05, 0) is 17.7 Å². The summed E-state index contributed by atoms with van der Waals surface area (Å²) in [6, 6.07) is 5.23.